The van der Waals surface area contributed by atoms with Gasteiger partial charge in [0.05, 0.1) is 18.0 Å². The van der Waals surface area contributed by atoms with Crippen molar-refractivity contribution >= 4 is 11.8 Å². The second-order valence-corrected chi connectivity index (χ2v) is 8.61. The summed E-state index contributed by atoms with van der Waals surface area (Å²) in [7, 11) is 1.68. The highest BCUT2D eigenvalue weighted by molar-refractivity contribution is 5.88. The number of benzene rings is 2. The number of methoxy groups -OCH3 is 1. The molecule has 0 saturated carbocycles. The zero-order valence-electron chi connectivity index (χ0n) is 20.6. The number of nitrogens with two attached hydrogens (primary N) is 1. The van der Waals surface area contributed by atoms with E-state index in [9.17, 15) is 13.6 Å². The molecule has 0 bridgehead atoms. The lowest BCUT2D eigenvalue weighted by Crippen LogP contribution is -2.24. The Morgan fingerprint density at radius 1 is 1.22 bits per heavy atom. The molecule has 8 nitrogen and oxygen atoms in total. The summed E-state index contributed by atoms with van der Waals surface area (Å²) in [5, 5.41) is 16.0. The van der Waals surface area contributed by atoms with Gasteiger partial charge in [-0.05, 0) is 55.6 Å². The molecule has 1 aromatic heterocycles. The minimum absolute atomic E-state index is 0.00263. The summed E-state index contributed by atoms with van der Waals surface area (Å²) in [6.45, 7) is 5.23. The van der Waals surface area contributed by atoms with E-state index in [4.69, 9.17) is 15.6 Å². The molecule has 1 aliphatic rings. The number of halogens is 2. The Bertz CT molecular complexity index is 1120. The largest absolute Gasteiger partial charge is 0.396 e. The van der Waals surface area contributed by atoms with E-state index < -0.39 is 17.7 Å². The number of nitrogens with zero attached hydrogens (tertiary/aromatic N) is 3. The second-order valence-electron chi connectivity index (χ2n) is 8.61. The average molecular weight is 502 g/mol. The van der Waals surface area contributed by atoms with Gasteiger partial charge < -0.3 is 20.5 Å². The number of likely N-dealkylation sites (tertiary alicyclic amines) is 1. The quantitative estimate of drug-likeness (QED) is 0.437. The smallest absolute Gasteiger partial charge is 0.317 e. The van der Waals surface area contributed by atoms with Crippen molar-refractivity contribution in [3.8, 4) is 5.69 Å². The number of urea groups is 1. The van der Waals surface area contributed by atoms with Crippen LogP contribution in [0.1, 0.15) is 29.2 Å². The van der Waals surface area contributed by atoms with Gasteiger partial charge in [0.15, 0.2) is 0 Å². The number of hydrogen-bond acceptors (Lipinski definition) is 5. The molecule has 0 spiro atoms. The summed E-state index contributed by atoms with van der Waals surface area (Å²) in [6.07, 6.45) is 1.38. The maximum absolute atomic E-state index is 13.1. The highest BCUT2D eigenvalue weighted by Crippen LogP contribution is 2.28. The average Bonchev–Trinajstić information content (AvgIpc) is 3.44. The first kappa shape index (κ1) is 27.3. The Kier molecular flexibility index (Phi) is 9.92. The third-order valence-electron chi connectivity index (χ3n) is 6.05. The maximum Gasteiger partial charge on any atom is 0.317 e. The van der Waals surface area contributed by atoms with Crippen molar-refractivity contribution in [2.75, 3.05) is 45.3 Å². The molecule has 1 aliphatic heterocycles. The number of hydrogen-bond donors (Lipinski definition) is 3. The molecule has 2 heterocycles. The van der Waals surface area contributed by atoms with Crippen molar-refractivity contribution in [2.24, 2.45) is 5.73 Å². The first-order valence-electron chi connectivity index (χ1n) is 11.8. The summed E-state index contributed by atoms with van der Waals surface area (Å²) in [5.41, 5.74) is 8.30. The molecule has 2 amide bonds. The number of rotatable bonds is 8. The molecule has 0 radical (unpaired) electrons. The summed E-state index contributed by atoms with van der Waals surface area (Å²) >= 11 is 0. The number of carbonyl (C=O) groups excluding carboxylic acids is 1. The molecule has 4 rings (SSSR count). The van der Waals surface area contributed by atoms with Crippen molar-refractivity contribution in [3.05, 3.63) is 77.0 Å². The number of aliphatic hydroxyl groups excluding tert-OH is 1. The third kappa shape index (κ3) is 7.33. The predicted octanol–water partition coefficient (Wildman–Crippen LogP) is 3.61. The van der Waals surface area contributed by atoms with Gasteiger partial charge in [-0.15, -0.1) is 0 Å². The van der Waals surface area contributed by atoms with E-state index in [1.54, 1.807) is 11.8 Å². The van der Waals surface area contributed by atoms with Crippen LogP contribution < -0.4 is 11.1 Å². The van der Waals surface area contributed by atoms with Gasteiger partial charge in [-0.2, -0.15) is 5.10 Å². The summed E-state index contributed by atoms with van der Waals surface area (Å²) in [5.74, 6) is -0.218. The molecule has 1 saturated heterocycles. The number of aromatic nitrogens is 2. The fraction of sp³-hybridized carbons (Fsp3) is 0.385. The van der Waals surface area contributed by atoms with Crippen molar-refractivity contribution < 1.29 is 23.4 Å². The van der Waals surface area contributed by atoms with Crippen molar-refractivity contribution in [2.45, 2.75) is 25.7 Å². The lowest BCUT2D eigenvalue weighted by molar-refractivity contribution is 0.160. The van der Waals surface area contributed by atoms with Crippen LogP contribution in [-0.4, -0.2) is 65.8 Å². The number of ether oxygens (including phenoxy) is 1. The summed E-state index contributed by atoms with van der Waals surface area (Å²) < 4.78 is 32.9. The predicted molar refractivity (Wildman–Crippen MR) is 134 cm³/mol. The number of amides is 2. The number of aliphatic hydroxyl groups is 1. The van der Waals surface area contributed by atoms with E-state index in [1.165, 1.54) is 12.1 Å². The number of nitrogens with one attached hydrogen (secondary N) is 1. The molecule has 1 fully saturated rings. The fourth-order valence-corrected chi connectivity index (χ4v) is 4.24. The van der Waals surface area contributed by atoms with Crippen LogP contribution in [0.25, 0.3) is 5.69 Å². The molecule has 2 aromatic carbocycles. The van der Waals surface area contributed by atoms with Gasteiger partial charge in [0.1, 0.15) is 17.5 Å². The molecule has 3 aromatic rings. The molecule has 36 heavy (non-hydrogen) atoms. The highest BCUT2D eigenvalue weighted by atomic mass is 19.1. The number of carbonyl (C=O) groups is 1. The molecule has 1 atom stereocenters. The van der Waals surface area contributed by atoms with Crippen LogP contribution >= 0.6 is 0 Å². The molecular weight excluding hydrogens is 468 g/mol. The Morgan fingerprint density at radius 3 is 2.53 bits per heavy atom. The van der Waals surface area contributed by atoms with E-state index >= 15 is 0 Å². The van der Waals surface area contributed by atoms with Gasteiger partial charge in [0.2, 0.25) is 0 Å². The SMILES string of the molecule is COCCN1CCC(c2cc(F)cc(F)c2)C1.Cc1c(CCO)nn(-c2ccccc2)c1NC(N)=O. The standard InChI is InChI=1S/C13H17F2NO.C13H16N4O2/c1-17-5-4-16-3-2-10(9-16)11-6-12(14)8-13(15)7-11;1-9-11(7-8-18)16-17(12(9)15-13(14)19)10-5-3-2-4-6-10/h6-8,10H,2-5,9H2,1H3;2-6,18H,7-8H2,1H3,(H3,14,15,19). The van der Waals surface area contributed by atoms with E-state index in [2.05, 4.69) is 15.3 Å². The third-order valence-corrected chi connectivity index (χ3v) is 6.05. The lowest BCUT2D eigenvalue weighted by Gasteiger charge is -2.15. The van der Waals surface area contributed by atoms with E-state index in [-0.39, 0.29) is 12.5 Å². The van der Waals surface area contributed by atoms with E-state index in [0.29, 0.717) is 18.8 Å². The molecule has 0 aliphatic carbocycles. The van der Waals surface area contributed by atoms with Gasteiger partial charge in [-0.25, -0.2) is 18.3 Å². The molecule has 4 N–H and O–H groups in total. The zero-order valence-corrected chi connectivity index (χ0v) is 20.6. The minimum atomic E-state index is -0.643. The first-order chi connectivity index (χ1) is 17.3. The highest BCUT2D eigenvalue weighted by Gasteiger charge is 2.24. The van der Waals surface area contributed by atoms with E-state index in [0.717, 1.165) is 54.6 Å². The van der Waals surface area contributed by atoms with Crippen LogP contribution in [0.3, 0.4) is 0 Å². The van der Waals surface area contributed by atoms with Gasteiger partial charge >= 0.3 is 6.03 Å². The summed E-state index contributed by atoms with van der Waals surface area (Å²) in [4.78, 5) is 13.4. The second kappa shape index (κ2) is 13.1. The topological polar surface area (TPSA) is 106 Å². The van der Waals surface area contributed by atoms with Gasteiger partial charge in [-0.3, -0.25) is 5.32 Å². The van der Waals surface area contributed by atoms with Crippen LogP contribution in [0.2, 0.25) is 0 Å². The van der Waals surface area contributed by atoms with Gasteiger partial charge in [0, 0.05) is 44.9 Å². The maximum atomic E-state index is 13.1. The zero-order chi connectivity index (χ0) is 26.1. The van der Waals surface area contributed by atoms with Gasteiger partial charge in [0.25, 0.3) is 0 Å². The fourth-order valence-electron chi connectivity index (χ4n) is 4.24. The lowest BCUT2D eigenvalue weighted by atomic mass is 9.98. The summed E-state index contributed by atoms with van der Waals surface area (Å²) in [6, 6.07) is 12.6. The molecule has 194 valence electrons. The van der Waals surface area contributed by atoms with Crippen molar-refractivity contribution in [1.82, 2.24) is 14.7 Å². The molecule has 10 heteroatoms. The monoisotopic (exact) mass is 501 g/mol. The van der Waals surface area contributed by atoms with Gasteiger partial charge in [-0.1, -0.05) is 18.2 Å². The van der Waals surface area contributed by atoms with Crippen LogP contribution in [-0.2, 0) is 11.2 Å². The van der Waals surface area contributed by atoms with Crippen molar-refractivity contribution in [1.29, 1.82) is 0 Å². The molecular formula is C26H33F2N5O3. The number of para-hydroxylation sites is 1. The van der Waals surface area contributed by atoms with Crippen LogP contribution in [0, 0.1) is 18.6 Å². The first-order valence-corrected chi connectivity index (χ1v) is 11.8. The normalized spacial score (nSPS) is 15.4. The van der Waals surface area contributed by atoms with Crippen LogP contribution in [0.15, 0.2) is 48.5 Å². The molecule has 1 unspecified atom stereocenters. The Hall–Kier alpha value is -3.34. The minimum Gasteiger partial charge on any atom is -0.396 e. The number of primary amides is 1. The Balaban J connectivity index is 0.000000202. The van der Waals surface area contributed by atoms with Crippen LogP contribution in [0.4, 0.5) is 19.4 Å². The van der Waals surface area contributed by atoms with Crippen LogP contribution in [0.5, 0.6) is 0 Å². The van der Waals surface area contributed by atoms with E-state index in [1.807, 2.05) is 37.3 Å². The number of anilines is 1. The Morgan fingerprint density at radius 2 is 1.92 bits per heavy atom. The van der Waals surface area contributed by atoms with Crippen molar-refractivity contribution in [3.63, 3.8) is 0 Å². The Labute approximate surface area is 209 Å².